The van der Waals surface area contributed by atoms with Crippen LogP contribution in [0.5, 0.6) is 11.5 Å². The van der Waals surface area contributed by atoms with E-state index in [0.29, 0.717) is 17.2 Å². The van der Waals surface area contributed by atoms with Crippen LogP contribution in [0.4, 0.5) is 5.69 Å². The second-order valence-corrected chi connectivity index (χ2v) is 5.70. The van der Waals surface area contributed by atoms with Crippen molar-refractivity contribution in [2.24, 2.45) is 0 Å². The normalized spacial score (nSPS) is 10.9. The first-order valence-electron chi connectivity index (χ1n) is 5.86. The minimum Gasteiger partial charge on any atom is -0.497 e. The predicted octanol–water partition coefficient (Wildman–Crippen LogP) is 2.50. The van der Waals surface area contributed by atoms with Gasteiger partial charge in [-0.05, 0) is 36.4 Å². The van der Waals surface area contributed by atoms with Crippen LogP contribution in [0.3, 0.4) is 0 Å². The zero-order valence-electron chi connectivity index (χ0n) is 11.2. The van der Waals surface area contributed by atoms with Crippen molar-refractivity contribution in [1.29, 1.82) is 0 Å². The van der Waals surface area contributed by atoms with Crippen LogP contribution in [0.25, 0.3) is 0 Å². The molecule has 20 heavy (non-hydrogen) atoms. The summed E-state index contributed by atoms with van der Waals surface area (Å²) in [5, 5.41) is 0. The SMILES string of the molecule is COc1ccc(S(=O)(=O)Nc2cccc(OC)c2)cc1. The molecule has 0 aliphatic carbocycles. The van der Waals surface area contributed by atoms with Gasteiger partial charge in [0.25, 0.3) is 10.0 Å². The molecule has 1 N–H and O–H groups in total. The summed E-state index contributed by atoms with van der Waals surface area (Å²) < 4.78 is 37.0. The first kappa shape index (κ1) is 14.2. The van der Waals surface area contributed by atoms with Crippen molar-refractivity contribution in [3.05, 3.63) is 48.5 Å². The molecule has 2 aromatic carbocycles. The molecule has 0 aliphatic heterocycles. The van der Waals surface area contributed by atoms with Crippen LogP contribution in [0.15, 0.2) is 53.4 Å². The molecule has 0 atom stereocenters. The first-order valence-corrected chi connectivity index (χ1v) is 7.34. The zero-order valence-corrected chi connectivity index (χ0v) is 12.0. The van der Waals surface area contributed by atoms with Crippen molar-refractivity contribution in [3.8, 4) is 11.5 Å². The molecular weight excluding hydrogens is 278 g/mol. The number of nitrogens with one attached hydrogen (secondary N) is 1. The van der Waals surface area contributed by atoms with Crippen LogP contribution in [-0.2, 0) is 10.0 Å². The molecule has 0 amide bonds. The molecule has 6 heteroatoms. The molecule has 106 valence electrons. The van der Waals surface area contributed by atoms with Gasteiger partial charge in [-0.1, -0.05) is 6.07 Å². The lowest BCUT2D eigenvalue weighted by atomic mass is 10.3. The molecular formula is C14H15NO4S. The van der Waals surface area contributed by atoms with E-state index in [0.717, 1.165) is 0 Å². The molecule has 0 heterocycles. The van der Waals surface area contributed by atoms with E-state index in [4.69, 9.17) is 9.47 Å². The highest BCUT2D eigenvalue weighted by atomic mass is 32.2. The largest absolute Gasteiger partial charge is 0.497 e. The molecule has 0 aromatic heterocycles. The van der Waals surface area contributed by atoms with Crippen LogP contribution < -0.4 is 14.2 Å². The highest BCUT2D eigenvalue weighted by Crippen LogP contribution is 2.21. The molecule has 5 nitrogen and oxygen atoms in total. The van der Waals surface area contributed by atoms with E-state index in [2.05, 4.69) is 4.72 Å². The minimum absolute atomic E-state index is 0.168. The molecule has 0 fully saturated rings. The van der Waals surface area contributed by atoms with E-state index >= 15 is 0 Å². The van der Waals surface area contributed by atoms with Gasteiger partial charge in [-0.2, -0.15) is 0 Å². The van der Waals surface area contributed by atoms with Gasteiger partial charge in [0, 0.05) is 6.07 Å². The van der Waals surface area contributed by atoms with E-state index in [9.17, 15) is 8.42 Å². The van der Waals surface area contributed by atoms with Gasteiger partial charge in [0.2, 0.25) is 0 Å². The fourth-order valence-electron chi connectivity index (χ4n) is 1.66. The van der Waals surface area contributed by atoms with E-state index in [-0.39, 0.29) is 4.90 Å². The number of methoxy groups -OCH3 is 2. The van der Waals surface area contributed by atoms with Gasteiger partial charge in [-0.3, -0.25) is 4.72 Å². The Morgan fingerprint density at radius 2 is 1.55 bits per heavy atom. The number of hydrogen-bond donors (Lipinski definition) is 1. The van der Waals surface area contributed by atoms with Crippen LogP contribution in [0, 0.1) is 0 Å². The molecule has 0 unspecified atom stereocenters. The quantitative estimate of drug-likeness (QED) is 0.920. The topological polar surface area (TPSA) is 64.6 Å². The Hall–Kier alpha value is -2.21. The van der Waals surface area contributed by atoms with Gasteiger partial charge in [0.15, 0.2) is 0 Å². The molecule has 0 radical (unpaired) electrons. The van der Waals surface area contributed by atoms with Crippen LogP contribution in [-0.4, -0.2) is 22.6 Å². The minimum atomic E-state index is -3.62. The summed E-state index contributed by atoms with van der Waals surface area (Å²) in [6.07, 6.45) is 0. The van der Waals surface area contributed by atoms with E-state index < -0.39 is 10.0 Å². The summed E-state index contributed by atoms with van der Waals surface area (Å²) in [7, 11) is -0.574. The van der Waals surface area contributed by atoms with Gasteiger partial charge < -0.3 is 9.47 Å². The lowest BCUT2D eigenvalue weighted by molar-refractivity contribution is 0.414. The Bertz CT molecular complexity index is 681. The predicted molar refractivity (Wildman–Crippen MR) is 76.8 cm³/mol. The van der Waals surface area contributed by atoms with Gasteiger partial charge in [-0.15, -0.1) is 0 Å². The van der Waals surface area contributed by atoms with Crippen molar-refractivity contribution in [1.82, 2.24) is 0 Å². The third-order valence-electron chi connectivity index (χ3n) is 2.69. The van der Waals surface area contributed by atoms with Crippen molar-refractivity contribution in [2.45, 2.75) is 4.90 Å². The van der Waals surface area contributed by atoms with Crippen LogP contribution in [0.2, 0.25) is 0 Å². The number of anilines is 1. The average molecular weight is 293 g/mol. The van der Waals surface area contributed by atoms with Gasteiger partial charge >= 0.3 is 0 Å². The summed E-state index contributed by atoms with van der Waals surface area (Å²) >= 11 is 0. The Balaban J connectivity index is 2.25. The van der Waals surface area contributed by atoms with Gasteiger partial charge in [0.1, 0.15) is 11.5 Å². The molecule has 0 saturated carbocycles. The molecule has 0 spiro atoms. The van der Waals surface area contributed by atoms with Crippen molar-refractivity contribution >= 4 is 15.7 Å². The maximum Gasteiger partial charge on any atom is 0.261 e. The van der Waals surface area contributed by atoms with Crippen LogP contribution in [0.1, 0.15) is 0 Å². The van der Waals surface area contributed by atoms with Crippen molar-refractivity contribution < 1.29 is 17.9 Å². The lowest BCUT2D eigenvalue weighted by Gasteiger charge is -2.09. The summed E-state index contributed by atoms with van der Waals surface area (Å²) in [4.78, 5) is 0.168. The average Bonchev–Trinajstić information content (AvgIpc) is 2.47. The van der Waals surface area contributed by atoms with E-state index in [1.807, 2.05) is 0 Å². The summed E-state index contributed by atoms with van der Waals surface area (Å²) in [6.45, 7) is 0. The van der Waals surface area contributed by atoms with Crippen LogP contribution >= 0.6 is 0 Å². The summed E-state index contributed by atoms with van der Waals surface area (Å²) in [6, 6.07) is 12.9. The van der Waals surface area contributed by atoms with E-state index in [1.165, 1.54) is 26.4 Å². The molecule has 2 rings (SSSR count). The molecule has 2 aromatic rings. The fourth-order valence-corrected chi connectivity index (χ4v) is 2.71. The number of hydrogen-bond acceptors (Lipinski definition) is 4. The Morgan fingerprint density at radius 3 is 2.15 bits per heavy atom. The molecule has 0 saturated heterocycles. The fraction of sp³-hybridized carbons (Fsp3) is 0.143. The lowest BCUT2D eigenvalue weighted by Crippen LogP contribution is -2.12. The summed E-state index contributed by atoms with van der Waals surface area (Å²) in [5.41, 5.74) is 0.445. The highest BCUT2D eigenvalue weighted by Gasteiger charge is 2.14. The number of benzene rings is 2. The summed E-state index contributed by atoms with van der Waals surface area (Å²) in [5.74, 6) is 1.19. The van der Waals surface area contributed by atoms with Gasteiger partial charge in [0.05, 0.1) is 24.8 Å². The zero-order chi connectivity index (χ0) is 14.6. The maximum absolute atomic E-state index is 12.2. The highest BCUT2D eigenvalue weighted by molar-refractivity contribution is 7.92. The van der Waals surface area contributed by atoms with E-state index in [1.54, 1.807) is 36.4 Å². The third kappa shape index (κ3) is 3.21. The van der Waals surface area contributed by atoms with Crippen molar-refractivity contribution in [3.63, 3.8) is 0 Å². The second kappa shape index (κ2) is 5.83. The number of sulfonamides is 1. The smallest absolute Gasteiger partial charge is 0.261 e. The van der Waals surface area contributed by atoms with Crippen molar-refractivity contribution in [2.75, 3.05) is 18.9 Å². The number of ether oxygens (including phenoxy) is 2. The maximum atomic E-state index is 12.2. The molecule has 0 aliphatic rings. The Labute approximate surface area is 118 Å². The Morgan fingerprint density at radius 1 is 0.900 bits per heavy atom. The molecule has 0 bridgehead atoms. The third-order valence-corrected chi connectivity index (χ3v) is 4.09. The standard InChI is InChI=1S/C14H15NO4S/c1-18-12-6-8-14(9-7-12)20(16,17)15-11-4-3-5-13(10-11)19-2/h3-10,15H,1-2H3. The Kier molecular flexibility index (Phi) is 4.14. The second-order valence-electron chi connectivity index (χ2n) is 4.01. The number of rotatable bonds is 5. The first-order chi connectivity index (χ1) is 9.55. The van der Waals surface area contributed by atoms with Gasteiger partial charge in [-0.25, -0.2) is 8.42 Å². The monoisotopic (exact) mass is 293 g/mol.